The second kappa shape index (κ2) is 5.59. The Hall–Kier alpha value is -2.44. The van der Waals surface area contributed by atoms with Gasteiger partial charge in [0.1, 0.15) is 5.69 Å². The third kappa shape index (κ3) is 3.56. The fourth-order valence-electron chi connectivity index (χ4n) is 0.994. The zero-order valence-electron chi connectivity index (χ0n) is 9.06. The van der Waals surface area contributed by atoms with Crippen LogP contribution in [-0.4, -0.2) is 41.5 Å². The van der Waals surface area contributed by atoms with Crippen LogP contribution in [-0.2, 0) is 4.79 Å². The number of amides is 2. The highest BCUT2D eigenvalue weighted by molar-refractivity contribution is 5.95. The minimum absolute atomic E-state index is 0.00662. The first-order valence-electron chi connectivity index (χ1n) is 4.72. The standard InChI is InChI=1S/C10H11N3O4/c1-11-8(14)5-13-9(15)7-3-2-6(4-12-7)10(16)17/h2-4H,5H2,1H3,(H,11,14)(H,13,15)(H,16,17). The third-order valence-electron chi connectivity index (χ3n) is 1.93. The minimum Gasteiger partial charge on any atom is -0.478 e. The van der Waals surface area contributed by atoms with Gasteiger partial charge in [0.15, 0.2) is 0 Å². The van der Waals surface area contributed by atoms with E-state index in [-0.39, 0.29) is 23.7 Å². The number of carbonyl (C=O) groups is 3. The van der Waals surface area contributed by atoms with E-state index in [1.54, 1.807) is 0 Å². The Morgan fingerprint density at radius 3 is 2.53 bits per heavy atom. The van der Waals surface area contributed by atoms with Gasteiger partial charge in [-0.15, -0.1) is 0 Å². The van der Waals surface area contributed by atoms with Gasteiger partial charge in [-0.05, 0) is 12.1 Å². The first-order valence-corrected chi connectivity index (χ1v) is 4.72. The summed E-state index contributed by atoms with van der Waals surface area (Å²) in [4.78, 5) is 36.5. The maximum Gasteiger partial charge on any atom is 0.337 e. The Morgan fingerprint density at radius 1 is 1.35 bits per heavy atom. The molecule has 0 saturated carbocycles. The molecule has 3 N–H and O–H groups in total. The van der Waals surface area contributed by atoms with Crippen molar-refractivity contribution in [1.82, 2.24) is 15.6 Å². The summed E-state index contributed by atoms with van der Waals surface area (Å²) < 4.78 is 0. The van der Waals surface area contributed by atoms with Crippen LogP contribution in [0.2, 0.25) is 0 Å². The van der Waals surface area contributed by atoms with Gasteiger partial charge in [0.05, 0.1) is 12.1 Å². The number of likely N-dealkylation sites (N-methyl/N-ethyl adjacent to an activating group) is 1. The Kier molecular flexibility index (Phi) is 4.15. The molecule has 7 heteroatoms. The summed E-state index contributed by atoms with van der Waals surface area (Å²) in [6.45, 7) is -0.155. The number of rotatable bonds is 4. The van der Waals surface area contributed by atoms with E-state index in [1.165, 1.54) is 19.2 Å². The summed E-state index contributed by atoms with van der Waals surface area (Å²) in [7, 11) is 1.45. The number of aromatic carboxylic acids is 1. The van der Waals surface area contributed by atoms with Gasteiger partial charge in [0.2, 0.25) is 5.91 Å². The van der Waals surface area contributed by atoms with Crippen molar-refractivity contribution < 1.29 is 19.5 Å². The van der Waals surface area contributed by atoms with E-state index in [1.807, 2.05) is 0 Å². The monoisotopic (exact) mass is 237 g/mol. The maximum atomic E-state index is 11.4. The van der Waals surface area contributed by atoms with Gasteiger partial charge in [0, 0.05) is 13.2 Å². The fourth-order valence-corrected chi connectivity index (χ4v) is 0.994. The van der Waals surface area contributed by atoms with E-state index >= 15 is 0 Å². The molecule has 0 saturated heterocycles. The molecule has 90 valence electrons. The first-order chi connectivity index (χ1) is 8.04. The number of hydrogen-bond donors (Lipinski definition) is 3. The van der Waals surface area contributed by atoms with Crippen molar-refractivity contribution in [2.75, 3.05) is 13.6 Å². The smallest absolute Gasteiger partial charge is 0.337 e. The van der Waals surface area contributed by atoms with Crippen molar-refractivity contribution in [2.24, 2.45) is 0 Å². The molecule has 1 rings (SSSR count). The number of nitrogens with zero attached hydrogens (tertiary/aromatic N) is 1. The van der Waals surface area contributed by atoms with Crippen LogP contribution in [0.3, 0.4) is 0 Å². The van der Waals surface area contributed by atoms with Crippen LogP contribution >= 0.6 is 0 Å². The zero-order valence-corrected chi connectivity index (χ0v) is 9.06. The summed E-state index contributed by atoms with van der Waals surface area (Å²) in [5.41, 5.74) is 0.0479. The summed E-state index contributed by atoms with van der Waals surface area (Å²) in [6.07, 6.45) is 1.08. The fraction of sp³-hybridized carbons (Fsp3) is 0.200. The lowest BCUT2D eigenvalue weighted by molar-refractivity contribution is -0.119. The Bertz CT molecular complexity index is 441. The predicted octanol–water partition coefficient (Wildman–Crippen LogP) is -0.744. The zero-order chi connectivity index (χ0) is 12.8. The van der Waals surface area contributed by atoms with Gasteiger partial charge in [-0.25, -0.2) is 4.79 Å². The molecule has 0 aliphatic heterocycles. The average molecular weight is 237 g/mol. The normalized spacial score (nSPS) is 9.47. The van der Waals surface area contributed by atoms with E-state index in [0.717, 1.165) is 6.20 Å². The summed E-state index contributed by atoms with van der Waals surface area (Å²) in [5.74, 6) is -1.99. The number of carboxylic acids is 1. The van der Waals surface area contributed by atoms with Crippen LogP contribution in [0.15, 0.2) is 18.3 Å². The molecular formula is C10H11N3O4. The molecule has 7 nitrogen and oxygen atoms in total. The Morgan fingerprint density at radius 2 is 2.06 bits per heavy atom. The van der Waals surface area contributed by atoms with Crippen molar-refractivity contribution in [2.45, 2.75) is 0 Å². The number of pyridine rings is 1. The average Bonchev–Trinajstić information content (AvgIpc) is 2.35. The summed E-state index contributed by atoms with van der Waals surface area (Å²) in [6, 6.07) is 2.55. The van der Waals surface area contributed by atoms with Crippen LogP contribution in [0.5, 0.6) is 0 Å². The number of aromatic nitrogens is 1. The number of hydrogen-bond acceptors (Lipinski definition) is 4. The number of carboxylic acid groups (broad SMARTS) is 1. The van der Waals surface area contributed by atoms with Crippen LogP contribution in [0.1, 0.15) is 20.8 Å². The lowest BCUT2D eigenvalue weighted by atomic mass is 10.2. The lowest BCUT2D eigenvalue weighted by Crippen LogP contribution is -2.35. The number of carbonyl (C=O) groups excluding carboxylic acids is 2. The van der Waals surface area contributed by atoms with Crippen LogP contribution in [0, 0.1) is 0 Å². The molecule has 2 amide bonds. The Labute approximate surface area is 96.9 Å². The molecule has 0 aliphatic rings. The molecule has 0 aromatic carbocycles. The second-order valence-corrected chi connectivity index (χ2v) is 3.09. The van der Waals surface area contributed by atoms with Crippen LogP contribution in [0.25, 0.3) is 0 Å². The van der Waals surface area contributed by atoms with E-state index < -0.39 is 11.9 Å². The van der Waals surface area contributed by atoms with Crippen molar-refractivity contribution >= 4 is 17.8 Å². The molecule has 0 radical (unpaired) electrons. The minimum atomic E-state index is -1.12. The number of nitrogens with one attached hydrogen (secondary N) is 2. The van der Waals surface area contributed by atoms with Crippen molar-refractivity contribution in [3.63, 3.8) is 0 Å². The maximum absolute atomic E-state index is 11.4. The highest BCUT2D eigenvalue weighted by atomic mass is 16.4. The summed E-state index contributed by atoms with van der Waals surface area (Å²) >= 11 is 0. The van der Waals surface area contributed by atoms with Gasteiger partial charge < -0.3 is 15.7 Å². The molecule has 0 fully saturated rings. The van der Waals surface area contributed by atoms with Crippen molar-refractivity contribution in [1.29, 1.82) is 0 Å². The molecule has 0 atom stereocenters. The molecule has 1 aromatic rings. The Balaban J connectivity index is 2.64. The van der Waals surface area contributed by atoms with Crippen LogP contribution < -0.4 is 10.6 Å². The molecule has 1 heterocycles. The van der Waals surface area contributed by atoms with Gasteiger partial charge in [-0.3, -0.25) is 14.6 Å². The topological polar surface area (TPSA) is 108 Å². The predicted molar refractivity (Wildman–Crippen MR) is 57.6 cm³/mol. The highest BCUT2D eigenvalue weighted by Crippen LogP contribution is 2.00. The molecule has 0 unspecified atom stereocenters. The van der Waals surface area contributed by atoms with E-state index in [9.17, 15) is 14.4 Å². The van der Waals surface area contributed by atoms with Crippen molar-refractivity contribution in [3.8, 4) is 0 Å². The molecular weight excluding hydrogens is 226 g/mol. The van der Waals surface area contributed by atoms with Crippen molar-refractivity contribution in [3.05, 3.63) is 29.6 Å². The first kappa shape index (κ1) is 12.6. The van der Waals surface area contributed by atoms with E-state index in [0.29, 0.717) is 0 Å². The van der Waals surface area contributed by atoms with Gasteiger partial charge >= 0.3 is 5.97 Å². The quantitative estimate of drug-likeness (QED) is 0.638. The van der Waals surface area contributed by atoms with Gasteiger partial charge in [-0.1, -0.05) is 0 Å². The molecule has 0 aliphatic carbocycles. The summed E-state index contributed by atoms with van der Waals surface area (Å²) in [5, 5.41) is 13.3. The second-order valence-electron chi connectivity index (χ2n) is 3.09. The molecule has 0 spiro atoms. The lowest BCUT2D eigenvalue weighted by Gasteiger charge is -2.03. The van der Waals surface area contributed by atoms with E-state index in [4.69, 9.17) is 5.11 Å². The highest BCUT2D eigenvalue weighted by Gasteiger charge is 2.10. The molecule has 1 aromatic heterocycles. The SMILES string of the molecule is CNC(=O)CNC(=O)c1ccc(C(=O)O)cn1. The molecule has 0 bridgehead atoms. The molecule has 17 heavy (non-hydrogen) atoms. The van der Waals surface area contributed by atoms with Crippen LogP contribution in [0.4, 0.5) is 0 Å². The van der Waals surface area contributed by atoms with E-state index in [2.05, 4.69) is 15.6 Å². The van der Waals surface area contributed by atoms with Gasteiger partial charge in [-0.2, -0.15) is 0 Å². The third-order valence-corrected chi connectivity index (χ3v) is 1.93. The largest absolute Gasteiger partial charge is 0.478 e. The van der Waals surface area contributed by atoms with Gasteiger partial charge in [0.25, 0.3) is 5.91 Å².